The predicted octanol–water partition coefficient (Wildman–Crippen LogP) is 3.45. The topological polar surface area (TPSA) is 86.1 Å². The van der Waals surface area contributed by atoms with Gasteiger partial charge in [-0.15, -0.1) is 0 Å². The van der Waals surface area contributed by atoms with Crippen LogP contribution in [-0.2, 0) is 16.6 Å². The molecule has 2 aromatic carbocycles. The maximum atomic E-state index is 12.4. The summed E-state index contributed by atoms with van der Waals surface area (Å²) in [5.41, 5.74) is 9.62. The Balaban J connectivity index is 2.22. The first-order valence-electron chi connectivity index (χ1n) is 6.19. The fourth-order valence-electron chi connectivity index (χ4n) is 1.84. The third-order valence-electron chi connectivity index (χ3n) is 2.95. The summed E-state index contributed by atoms with van der Waals surface area (Å²) in [5.74, 6) is 0. The van der Waals surface area contributed by atoms with Gasteiger partial charge in [0.1, 0.15) is 0 Å². The highest BCUT2D eigenvalue weighted by Crippen LogP contribution is 2.20. The Labute approximate surface area is 123 Å². The van der Waals surface area contributed by atoms with Crippen molar-refractivity contribution in [2.75, 3.05) is 7.05 Å². The van der Waals surface area contributed by atoms with Crippen molar-refractivity contribution >= 4 is 15.7 Å². The van der Waals surface area contributed by atoms with Crippen molar-refractivity contribution < 1.29 is 8.42 Å². The zero-order chi connectivity index (χ0) is 15.3. The molecule has 0 aliphatic heterocycles. The molecule has 0 heterocycles. The normalized spacial score (nSPS) is 11.1. The molecule has 2 rings (SSSR count). The molecule has 7 heteroatoms. The zero-order valence-electron chi connectivity index (χ0n) is 11.4. The molecular weight excluding hydrogens is 288 g/mol. The van der Waals surface area contributed by atoms with Crippen LogP contribution in [0.15, 0.2) is 64.6 Å². The number of rotatable bonds is 5. The van der Waals surface area contributed by atoms with E-state index in [2.05, 4.69) is 10.0 Å². The first-order chi connectivity index (χ1) is 10.0. The highest BCUT2D eigenvalue weighted by atomic mass is 32.2. The van der Waals surface area contributed by atoms with Gasteiger partial charge in [0.05, 0.1) is 4.90 Å². The molecule has 0 aliphatic carbocycles. The molecule has 0 N–H and O–H groups in total. The molecule has 2 aromatic rings. The van der Waals surface area contributed by atoms with E-state index in [0.29, 0.717) is 12.2 Å². The number of hydrogen-bond acceptors (Lipinski definition) is 3. The number of sulfonamides is 1. The fourth-order valence-corrected chi connectivity index (χ4v) is 3.00. The lowest BCUT2D eigenvalue weighted by Gasteiger charge is -2.17. The van der Waals surface area contributed by atoms with Gasteiger partial charge in [-0.25, -0.2) is 8.42 Å². The molecule has 0 aromatic heterocycles. The third-order valence-corrected chi connectivity index (χ3v) is 4.77. The van der Waals surface area contributed by atoms with E-state index in [9.17, 15) is 8.42 Å². The van der Waals surface area contributed by atoms with E-state index in [4.69, 9.17) is 5.53 Å². The second-order valence-corrected chi connectivity index (χ2v) is 6.47. The Morgan fingerprint density at radius 1 is 1.10 bits per heavy atom. The zero-order valence-corrected chi connectivity index (χ0v) is 12.2. The van der Waals surface area contributed by atoms with E-state index in [1.54, 1.807) is 0 Å². The minimum atomic E-state index is -3.57. The van der Waals surface area contributed by atoms with E-state index in [-0.39, 0.29) is 4.90 Å². The molecule has 0 radical (unpaired) electrons. The van der Waals surface area contributed by atoms with Crippen LogP contribution in [0.2, 0.25) is 0 Å². The van der Waals surface area contributed by atoms with E-state index in [1.165, 1.54) is 35.6 Å². The van der Waals surface area contributed by atoms with Crippen LogP contribution in [0, 0.1) is 0 Å². The summed E-state index contributed by atoms with van der Waals surface area (Å²) in [6.45, 7) is 0.293. The summed E-state index contributed by atoms with van der Waals surface area (Å²) in [6, 6.07) is 15.2. The lowest BCUT2D eigenvalue weighted by Crippen LogP contribution is -2.26. The molecule has 21 heavy (non-hydrogen) atoms. The molecular formula is C14H14N4O2S. The van der Waals surface area contributed by atoms with Crippen LogP contribution in [0.4, 0.5) is 5.69 Å². The average Bonchev–Trinajstić information content (AvgIpc) is 2.49. The predicted molar refractivity (Wildman–Crippen MR) is 80.3 cm³/mol. The molecule has 0 bridgehead atoms. The SMILES string of the molecule is CN(Cc1ccccc1)S(=O)(=O)c1ccc(N=[N+]=[N-])cc1. The third kappa shape index (κ3) is 3.61. The van der Waals surface area contributed by atoms with Crippen molar-refractivity contribution in [3.8, 4) is 0 Å². The van der Waals surface area contributed by atoms with Gasteiger partial charge in [-0.3, -0.25) is 0 Å². The average molecular weight is 302 g/mol. The van der Waals surface area contributed by atoms with Crippen molar-refractivity contribution in [3.05, 3.63) is 70.6 Å². The van der Waals surface area contributed by atoms with Gasteiger partial charge >= 0.3 is 0 Å². The van der Waals surface area contributed by atoms with E-state index < -0.39 is 10.0 Å². The summed E-state index contributed by atoms with van der Waals surface area (Å²) in [6.07, 6.45) is 0. The van der Waals surface area contributed by atoms with Crippen molar-refractivity contribution in [1.29, 1.82) is 0 Å². The molecule has 0 unspecified atom stereocenters. The second-order valence-electron chi connectivity index (χ2n) is 4.43. The van der Waals surface area contributed by atoms with E-state index in [1.807, 2.05) is 30.3 Å². The first-order valence-corrected chi connectivity index (χ1v) is 7.63. The Hall–Kier alpha value is -2.34. The second kappa shape index (κ2) is 6.41. The molecule has 0 aliphatic rings. The molecule has 0 spiro atoms. The quantitative estimate of drug-likeness (QED) is 0.481. The summed E-state index contributed by atoms with van der Waals surface area (Å²) in [4.78, 5) is 2.82. The summed E-state index contributed by atoms with van der Waals surface area (Å²) < 4.78 is 26.1. The lowest BCUT2D eigenvalue weighted by atomic mass is 10.2. The lowest BCUT2D eigenvalue weighted by molar-refractivity contribution is 0.467. The molecule has 0 atom stereocenters. The van der Waals surface area contributed by atoms with E-state index >= 15 is 0 Å². The maximum Gasteiger partial charge on any atom is 0.243 e. The first kappa shape index (κ1) is 15.1. The van der Waals surface area contributed by atoms with Crippen LogP contribution in [0.25, 0.3) is 10.4 Å². The van der Waals surface area contributed by atoms with Gasteiger partial charge in [0.25, 0.3) is 0 Å². The monoisotopic (exact) mass is 302 g/mol. The van der Waals surface area contributed by atoms with Crippen molar-refractivity contribution in [2.45, 2.75) is 11.4 Å². The minimum Gasteiger partial charge on any atom is -0.207 e. The van der Waals surface area contributed by atoms with Crippen LogP contribution in [-0.4, -0.2) is 19.8 Å². The van der Waals surface area contributed by atoms with Gasteiger partial charge in [-0.1, -0.05) is 47.6 Å². The van der Waals surface area contributed by atoms with Crippen molar-refractivity contribution in [3.63, 3.8) is 0 Å². The van der Waals surface area contributed by atoms with Crippen LogP contribution >= 0.6 is 0 Å². The van der Waals surface area contributed by atoms with Gasteiger partial charge in [0, 0.05) is 24.2 Å². The van der Waals surface area contributed by atoms with Crippen LogP contribution in [0.1, 0.15) is 5.56 Å². The molecule has 108 valence electrons. The molecule has 0 saturated heterocycles. The van der Waals surface area contributed by atoms with Gasteiger partial charge in [0.15, 0.2) is 0 Å². The van der Waals surface area contributed by atoms with Gasteiger partial charge < -0.3 is 0 Å². The minimum absolute atomic E-state index is 0.165. The standard InChI is InChI=1S/C14H14N4O2S/c1-18(11-12-5-3-2-4-6-12)21(19,20)14-9-7-13(8-10-14)16-17-15/h2-10H,11H2,1H3. The summed E-state index contributed by atoms with van der Waals surface area (Å²) >= 11 is 0. The largest absolute Gasteiger partial charge is 0.243 e. The summed E-state index contributed by atoms with van der Waals surface area (Å²) in [5, 5.41) is 3.41. The van der Waals surface area contributed by atoms with Gasteiger partial charge in [-0.2, -0.15) is 4.31 Å². The van der Waals surface area contributed by atoms with Crippen molar-refractivity contribution in [1.82, 2.24) is 4.31 Å². The highest BCUT2D eigenvalue weighted by molar-refractivity contribution is 7.89. The molecule has 0 amide bonds. The maximum absolute atomic E-state index is 12.4. The Morgan fingerprint density at radius 2 is 1.71 bits per heavy atom. The van der Waals surface area contributed by atoms with Gasteiger partial charge in [0.2, 0.25) is 10.0 Å². The van der Waals surface area contributed by atoms with Crippen LogP contribution < -0.4 is 0 Å². The van der Waals surface area contributed by atoms with Gasteiger partial charge in [-0.05, 0) is 23.2 Å². The number of azide groups is 1. The Bertz CT molecular complexity index is 751. The Morgan fingerprint density at radius 3 is 2.29 bits per heavy atom. The number of nitrogens with zero attached hydrogens (tertiary/aromatic N) is 4. The van der Waals surface area contributed by atoms with Crippen LogP contribution in [0.3, 0.4) is 0 Å². The Kier molecular flexibility index (Phi) is 4.59. The molecule has 0 saturated carbocycles. The number of hydrogen-bond donors (Lipinski definition) is 0. The highest BCUT2D eigenvalue weighted by Gasteiger charge is 2.20. The summed E-state index contributed by atoms with van der Waals surface area (Å²) in [7, 11) is -2.04. The molecule has 0 fully saturated rings. The molecule has 6 nitrogen and oxygen atoms in total. The van der Waals surface area contributed by atoms with E-state index in [0.717, 1.165) is 5.56 Å². The fraction of sp³-hybridized carbons (Fsp3) is 0.143. The van der Waals surface area contributed by atoms with Crippen LogP contribution in [0.5, 0.6) is 0 Å². The van der Waals surface area contributed by atoms with Crippen molar-refractivity contribution in [2.24, 2.45) is 5.11 Å². The number of benzene rings is 2. The smallest absolute Gasteiger partial charge is 0.207 e.